The standard InChI is InChI=1S/C20H21N5O3/c1-13-4-9-19(26)25(24-13)14(2)20(27)21-11-16-10-18(23-12-22-16)15-5-7-17(28-3)8-6-15/h4-10,12,14H,11H2,1-3H3,(H,21,27). The third-order valence-corrected chi connectivity index (χ3v) is 4.26. The van der Waals surface area contributed by atoms with E-state index in [-0.39, 0.29) is 18.0 Å². The molecular weight excluding hydrogens is 358 g/mol. The van der Waals surface area contributed by atoms with Gasteiger partial charge in [-0.3, -0.25) is 9.59 Å². The van der Waals surface area contributed by atoms with Crippen molar-refractivity contribution in [2.45, 2.75) is 26.4 Å². The second-order valence-electron chi connectivity index (χ2n) is 6.27. The zero-order chi connectivity index (χ0) is 20.1. The molecule has 1 aromatic carbocycles. The molecule has 0 fully saturated rings. The van der Waals surface area contributed by atoms with Crippen molar-refractivity contribution in [1.82, 2.24) is 25.1 Å². The van der Waals surface area contributed by atoms with Gasteiger partial charge in [-0.05, 0) is 50.2 Å². The molecular formula is C20H21N5O3. The topological polar surface area (TPSA) is 99.0 Å². The van der Waals surface area contributed by atoms with Gasteiger partial charge in [0.1, 0.15) is 18.1 Å². The molecule has 1 unspecified atom stereocenters. The van der Waals surface area contributed by atoms with E-state index < -0.39 is 6.04 Å². The van der Waals surface area contributed by atoms with Crippen molar-refractivity contribution >= 4 is 5.91 Å². The summed E-state index contributed by atoms with van der Waals surface area (Å²) in [6, 6.07) is 11.6. The predicted octanol–water partition coefficient (Wildman–Crippen LogP) is 1.89. The van der Waals surface area contributed by atoms with Crippen LogP contribution in [0, 0.1) is 6.92 Å². The van der Waals surface area contributed by atoms with Crippen molar-refractivity contribution < 1.29 is 9.53 Å². The summed E-state index contributed by atoms with van der Waals surface area (Å²) in [6.07, 6.45) is 1.46. The highest BCUT2D eigenvalue weighted by Gasteiger charge is 2.17. The van der Waals surface area contributed by atoms with E-state index in [1.165, 1.54) is 17.1 Å². The first-order chi connectivity index (χ1) is 13.5. The van der Waals surface area contributed by atoms with Crippen LogP contribution in [0.3, 0.4) is 0 Å². The molecule has 0 bridgehead atoms. The molecule has 3 rings (SSSR count). The normalized spacial score (nSPS) is 11.7. The van der Waals surface area contributed by atoms with Gasteiger partial charge in [0.15, 0.2) is 0 Å². The van der Waals surface area contributed by atoms with Gasteiger partial charge in [-0.2, -0.15) is 5.10 Å². The number of benzene rings is 1. The van der Waals surface area contributed by atoms with Crippen molar-refractivity contribution in [1.29, 1.82) is 0 Å². The van der Waals surface area contributed by atoms with Crippen LogP contribution in [0.5, 0.6) is 5.75 Å². The number of hydrogen-bond acceptors (Lipinski definition) is 6. The lowest BCUT2D eigenvalue weighted by Gasteiger charge is -2.14. The molecule has 8 heteroatoms. The van der Waals surface area contributed by atoms with Gasteiger partial charge in [0.05, 0.1) is 30.7 Å². The van der Waals surface area contributed by atoms with E-state index >= 15 is 0 Å². The number of carbonyl (C=O) groups is 1. The smallest absolute Gasteiger partial charge is 0.267 e. The Balaban J connectivity index is 1.69. The summed E-state index contributed by atoms with van der Waals surface area (Å²) in [6.45, 7) is 3.61. The first kappa shape index (κ1) is 19.2. The number of aryl methyl sites for hydroxylation is 1. The summed E-state index contributed by atoms with van der Waals surface area (Å²) in [4.78, 5) is 32.8. The Morgan fingerprint density at radius 1 is 1.18 bits per heavy atom. The number of nitrogens with one attached hydrogen (secondary N) is 1. The van der Waals surface area contributed by atoms with E-state index in [0.717, 1.165) is 17.0 Å². The minimum absolute atomic E-state index is 0.218. The van der Waals surface area contributed by atoms with Crippen LogP contribution >= 0.6 is 0 Å². The third kappa shape index (κ3) is 4.40. The fourth-order valence-corrected chi connectivity index (χ4v) is 2.65. The number of rotatable bonds is 6. The molecule has 0 aliphatic heterocycles. The molecule has 144 valence electrons. The summed E-state index contributed by atoms with van der Waals surface area (Å²) >= 11 is 0. The van der Waals surface area contributed by atoms with Gasteiger partial charge >= 0.3 is 0 Å². The lowest BCUT2D eigenvalue weighted by Crippen LogP contribution is -2.36. The van der Waals surface area contributed by atoms with Gasteiger partial charge < -0.3 is 10.1 Å². The van der Waals surface area contributed by atoms with Gasteiger partial charge in [0, 0.05) is 11.6 Å². The lowest BCUT2D eigenvalue weighted by atomic mass is 10.1. The fraction of sp³-hybridized carbons (Fsp3) is 0.250. The predicted molar refractivity (Wildman–Crippen MR) is 104 cm³/mol. The van der Waals surface area contributed by atoms with Crippen LogP contribution in [-0.4, -0.2) is 32.8 Å². The highest BCUT2D eigenvalue weighted by Crippen LogP contribution is 2.20. The van der Waals surface area contributed by atoms with Gasteiger partial charge in [0.25, 0.3) is 5.56 Å². The van der Waals surface area contributed by atoms with Gasteiger partial charge in [-0.15, -0.1) is 0 Å². The molecule has 3 aromatic rings. The van der Waals surface area contributed by atoms with Crippen molar-refractivity contribution in [3.05, 3.63) is 70.5 Å². The number of aromatic nitrogens is 4. The Morgan fingerprint density at radius 3 is 2.64 bits per heavy atom. The van der Waals surface area contributed by atoms with Crippen molar-refractivity contribution in [2.24, 2.45) is 0 Å². The van der Waals surface area contributed by atoms with Crippen molar-refractivity contribution in [2.75, 3.05) is 7.11 Å². The maximum atomic E-state index is 12.4. The van der Waals surface area contributed by atoms with Crippen molar-refractivity contribution in [3.8, 4) is 17.0 Å². The molecule has 0 spiro atoms. The van der Waals surface area contributed by atoms with Crippen LogP contribution < -0.4 is 15.6 Å². The number of hydrogen-bond donors (Lipinski definition) is 1. The molecule has 0 saturated heterocycles. The number of amides is 1. The minimum atomic E-state index is -0.727. The Bertz CT molecular complexity index is 1030. The van der Waals surface area contributed by atoms with Crippen LogP contribution in [0.1, 0.15) is 24.4 Å². The molecule has 1 atom stereocenters. The largest absolute Gasteiger partial charge is 0.497 e. The molecule has 1 N–H and O–H groups in total. The maximum Gasteiger partial charge on any atom is 0.267 e. The zero-order valence-corrected chi connectivity index (χ0v) is 15.9. The fourth-order valence-electron chi connectivity index (χ4n) is 2.65. The third-order valence-electron chi connectivity index (χ3n) is 4.26. The molecule has 8 nitrogen and oxygen atoms in total. The van der Waals surface area contributed by atoms with Gasteiger partial charge in [-0.1, -0.05) is 0 Å². The highest BCUT2D eigenvalue weighted by molar-refractivity contribution is 5.79. The zero-order valence-electron chi connectivity index (χ0n) is 15.9. The van der Waals surface area contributed by atoms with Crippen molar-refractivity contribution in [3.63, 3.8) is 0 Å². The Kier molecular flexibility index (Phi) is 5.78. The summed E-state index contributed by atoms with van der Waals surface area (Å²) in [5.74, 6) is 0.448. The molecule has 28 heavy (non-hydrogen) atoms. The number of nitrogens with zero attached hydrogens (tertiary/aromatic N) is 4. The van der Waals surface area contributed by atoms with E-state index in [1.807, 2.05) is 30.3 Å². The van der Waals surface area contributed by atoms with Crippen LogP contribution in [-0.2, 0) is 11.3 Å². The first-order valence-electron chi connectivity index (χ1n) is 8.77. The molecule has 0 aliphatic carbocycles. The average Bonchev–Trinajstić information content (AvgIpc) is 2.73. The Hall–Kier alpha value is -3.55. The molecule has 1 amide bonds. The number of ether oxygens (including phenoxy) is 1. The Morgan fingerprint density at radius 2 is 1.93 bits per heavy atom. The van der Waals surface area contributed by atoms with E-state index in [9.17, 15) is 9.59 Å². The molecule has 0 saturated carbocycles. The molecule has 0 radical (unpaired) electrons. The first-order valence-corrected chi connectivity index (χ1v) is 8.77. The maximum absolute atomic E-state index is 12.4. The van der Waals surface area contributed by atoms with Crippen LogP contribution in [0.15, 0.2) is 53.6 Å². The minimum Gasteiger partial charge on any atom is -0.497 e. The van der Waals surface area contributed by atoms with Crippen LogP contribution in [0.4, 0.5) is 0 Å². The quantitative estimate of drug-likeness (QED) is 0.702. The second-order valence-corrected chi connectivity index (χ2v) is 6.27. The summed E-state index contributed by atoms with van der Waals surface area (Å²) < 4.78 is 6.33. The lowest BCUT2D eigenvalue weighted by molar-refractivity contribution is -0.124. The number of carbonyl (C=O) groups excluding carboxylic acids is 1. The average molecular weight is 379 g/mol. The SMILES string of the molecule is COc1ccc(-c2cc(CNC(=O)C(C)n3nc(C)ccc3=O)ncn2)cc1. The molecule has 0 aliphatic rings. The van der Waals surface area contributed by atoms with E-state index in [0.29, 0.717) is 11.4 Å². The second kappa shape index (κ2) is 8.43. The van der Waals surface area contributed by atoms with E-state index in [1.54, 1.807) is 27.0 Å². The highest BCUT2D eigenvalue weighted by atomic mass is 16.5. The summed E-state index contributed by atoms with van der Waals surface area (Å²) in [5.41, 5.74) is 2.66. The van der Waals surface area contributed by atoms with E-state index in [4.69, 9.17) is 4.74 Å². The monoisotopic (exact) mass is 379 g/mol. The Labute approximate surface area is 162 Å². The van der Waals surface area contributed by atoms with Gasteiger partial charge in [0.2, 0.25) is 5.91 Å². The van der Waals surface area contributed by atoms with Crippen LogP contribution in [0.2, 0.25) is 0 Å². The van der Waals surface area contributed by atoms with Gasteiger partial charge in [-0.25, -0.2) is 14.6 Å². The summed E-state index contributed by atoms with van der Waals surface area (Å²) in [5, 5.41) is 6.92. The molecule has 2 heterocycles. The van der Waals surface area contributed by atoms with E-state index in [2.05, 4.69) is 20.4 Å². The summed E-state index contributed by atoms with van der Waals surface area (Å²) in [7, 11) is 1.61. The number of methoxy groups -OCH3 is 1. The van der Waals surface area contributed by atoms with Crippen LogP contribution in [0.25, 0.3) is 11.3 Å². The molecule has 2 aromatic heterocycles.